The van der Waals surface area contributed by atoms with Gasteiger partial charge in [-0.2, -0.15) is 0 Å². The van der Waals surface area contributed by atoms with Gasteiger partial charge in [-0.1, -0.05) is 12.1 Å². The first-order chi connectivity index (χ1) is 13.2. The molecule has 1 aromatic heterocycles. The molecule has 0 atom stereocenters. The predicted octanol–water partition coefficient (Wildman–Crippen LogP) is 1.90. The molecule has 150 valence electrons. The van der Waals surface area contributed by atoms with Gasteiger partial charge in [0.05, 0.1) is 17.9 Å². The van der Waals surface area contributed by atoms with Gasteiger partial charge in [-0.15, -0.1) is 10.2 Å². The highest BCUT2D eigenvalue weighted by Crippen LogP contribution is 2.31. The smallest absolute Gasteiger partial charge is 0.320 e. The van der Waals surface area contributed by atoms with E-state index in [9.17, 15) is 9.90 Å². The molecule has 0 amide bonds. The molecule has 0 unspecified atom stereocenters. The third-order valence-corrected chi connectivity index (χ3v) is 4.47. The maximum Gasteiger partial charge on any atom is 0.320 e. The fourth-order valence-electron chi connectivity index (χ4n) is 3.17. The molecule has 2 aromatic rings. The summed E-state index contributed by atoms with van der Waals surface area (Å²) in [6, 6.07) is 8.85. The van der Waals surface area contributed by atoms with E-state index in [4.69, 9.17) is 10.5 Å². The van der Waals surface area contributed by atoms with Crippen molar-refractivity contribution < 1.29 is 14.6 Å². The maximum absolute atomic E-state index is 12.0. The molecule has 0 aliphatic carbocycles. The molecule has 0 spiro atoms. The summed E-state index contributed by atoms with van der Waals surface area (Å²) >= 11 is 0. The first-order valence-electron chi connectivity index (χ1n) is 9.33. The highest BCUT2D eigenvalue weighted by Gasteiger charge is 2.24. The molecule has 1 saturated heterocycles. The average Bonchev–Trinajstić information content (AvgIpc) is 2.62. The number of benzene rings is 1. The van der Waals surface area contributed by atoms with Gasteiger partial charge in [0.1, 0.15) is 11.4 Å². The van der Waals surface area contributed by atoms with Crippen molar-refractivity contribution in [2.45, 2.75) is 26.4 Å². The number of rotatable bonds is 4. The Morgan fingerprint density at radius 1 is 1.18 bits per heavy atom. The van der Waals surface area contributed by atoms with Crippen molar-refractivity contribution in [2.75, 3.05) is 43.4 Å². The van der Waals surface area contributed by atoms with Crippen molar-refractivity contribution in [3.8, 4) is 17.0 Å². The number of aromatic nitrogens is 2. The molecule has 1 aliphatic heterocycles. The Balaban J connectivity index is 1.67. The molecule has 3 N–H and O–H groups in total. The van der Waals surface area contributed by atoms with Crippen LogP contribution in [0.15, 0.2) is 30.3 Å². The first-order valence-corrected chi connectivity index (χ1v) is 9.33. The molecule has 0 bridgehead atoms. The van der Waals surface area contributed by atoms with Crippen LogP contribution in [0.3, 0.4) is 0 Å². The van der Waals surface area contributed by atoms with E-state index in [2.05, 4.69) is 20.0 Å². The van der Waals surface area contributed by atoms with E-state index in [0.717, 1.165) is 5.69 Å². The molecule has 2 heterocycles. The number of para-hydroxylation sites is 1. The Labute approximate surface area is 164 Å². The van der Waals surface area contributed by atoms with Crippen LogP contribution >= 0.6 is 0 Å². The SMILES string of the molecule is CC(C)(C)OC(=O)CN1CCN(c2cc(-c3ccccc3O)nnc2N)CC1. The van der Waals surface area contributed by atoms with Gasteiger partial charge in [0.25, 0.3) is 0 Å². The van der Waals surface area contributed by atoms with Crippen LogP contribution in [0.1, 0.15) is 20.8 Å². The van der Waals surface area contributed by atoms with E-state index >= 15 is 0 Å². The topological polar surface area (TPSA) is 105 Å². The summed E-state index contributed by atoms with van der Waals surface area (Å²) in [4.78, 5) is 16.2. The Bertz CT molecular complexity index is 842. The number of carbonyl (C=O) groups excluding carboxylic acids is 1. The van der Waals surface area contributed by atoms with Crippen LogP contribution in [0.4, 0.5) is 11.5 Å². The standard InChI is InChI=1S/C20H27N5O3/c1-20(2,3)28-18(27)13-24-8-10-25(11-9-24)16-12-15(22-23-19(16)21)14-6-4-5-7-17(14)26/h4-7,12,26H,8-11,13H2,1-3H3,(H2,21,23). The molecule has 0 radical (unpaired) electrons. The lowest BCUT2D eigenvalue weighted by atomic mass is 10.1. The zero-order valence-corrected chi connectivity index (χ0v) is 16.6. The quantitative estimate of drug-likeness (QED) is 0.769. The summed E-state index contributed by atoms with van der Waals surface area (Å²) in [5.74, 6) is 0.280. The van der Waals surface area contributed by atoms with Crippen LogP contribution in [0.2, 0.25) is 0 Å². The summed E-state index contributed by atoms with van der Waals surface area (Å²) < 4.78 is 5.39. The van der Waals surface area contributed by atoms with E-state index in [1.54, 1.807) is 18.2 Å². The molecule has 3 rings (SSSR count). The predicted molar refractivity (Wildman–Crippen MR) is 108 cm³/mol. The summed E-state index contributed by atoms with van der Waals surface area (Å²) in [7, 11) is 0. The third-order valence-electron chi connectivity index (χ3n) is 4.47. The van der Waals surface area contributed by atoms with E-state index in [0.29, 0.717) is 43.3 Å². The van der Waals surface area contributed by atoms with E-state index < -0.39 is 5.60 Å². The van der Waals surface area contributed by atoms with Gasteiger partial charge in [0, 0.05) is 31.7 Å². The maximum atomic E-state index is 12.0. The van der Waals surface area contributed by atoms with Gasteiger partial charge in [0.2, 0.25) is 0 Å². The van der Waals surface area contributed by atoms with Crippen LogP contribution < -0.4 is 10.6 Å². The average molecular weight is 385 g/mol. The number of ether oxygens (including phenoxy) is 1. The van der Waals surface area contributed by atoms with Crippen LogP contribution in [0, 0.1) is 0 Å². The lowest BCUT2D eigenvalue weighted by Gasteiger charge is -2.36. The summed E-state index contributed by atoms with van der Waals surface area (Å²) in [6.45, 7) is 8.72. The highest BCUT2D eigenvalue weighted by atomic mass is 16.6. The van der Waals surface area contributed by atoms with E-state index in [-0.39, 0.29) is 18.3 Å². The second-order valence-corrected chi connectivity index (χ2v) is 7.87. The molecule has 8 nitrogen and oxygen atoms in total. The Morgan fingerprint density at radius 2 is 1.86 bits per heavy atom. The zero-order valence-electron chi connectivity index (χ0n) is 16.6. The number of hydrogen-bond acceptors (Lipinski definition) is 8. The van der Waals surface area contributed by atoms with E-state index in [1.165, 1.54) is 0 Å². The van der Waals surface area contributed by atoms with E-state index in [1.807, 2.05) is 32.9 Å². The largest absolute Gasteiger partial charge is 0.507 e. The molecule has 8 heteroatoms. The molecule has 1 fully saturated rings. The Kier molecular flexibility index (Phi) is 5.69. The minimum Gasteiger partial charge on any atom is -0.507 e. The molecular formula is C20H27N5O3. The van der Waals surface area contributed by atoms with Crippen molar-refractivity contribution in [3.05, 3.63) is 30.3 Å². The number of hydrogen-bond donors (Lipinski definition) is 2. The van der Waals surface area contributed by atoms with Crippen LogP contribution in [0.25, 0.3) is 11.3 Å². The van der Waals surface area contributed by atoms with Crippen molar-refractivity contribution in [2.24, 2.45) is 0 Å². The number of phenols is 1. The van der Waals surface area contributed by atoms with Crippen molar-refractivity contribution >= 4 is 17.5 Å². The van der Waals surface area contributed by atoms with Crippen molar-refractivity contribution in [3.63, 3.8) is 0 Å². The van der Waals surface area contributed by atoms with Crippen LogP contribution in [0.5, 0.6) is 5.75 Å². The molecule has 0 saturated carbocycles. The first kappa shape index (κ1) is 19.9. The number of anilines is 2. The fraction of sp³-hybridized carbons (Fsp3) is 0.450. The van der Waals surface area contributed by atoms with Gasteiger partial charge >= 0.3 is 5.97 Å². The number of nitrogen functional groups attached to an aromatic ring is 1. The second kappa shape index (κ2) is 8.02. The minimum atomic E-state index is -0.477. The highest BCUT2D eigenvalue weighted by molar-refractivity contribution is 5.74. The fourth-order valence-corrected chi connectivity index (χ4v) is 3.17. The zero-order chi connectivity index (χ0) is 20.3. The minimum absolute atomic E-state index is 0.148. The number of esters is 1. The normalized spacial score (nSPS) is 15.5. The number of carbonyl (C=O) groups is 1. The Morgan fingerprint density at radius 3 is 2.50 bits per heavy atom. The number of piperazine rings is 1. The lowest BCUT2D eigenvalue weighted by molar-refractivity contribution is -0.156. The number of aromatic hydroxyl groups is 1. The molecular weight excluding hydrogens is 358 g/mol. The van der Waals surface area contributed by atoms with Gasteiger partial charge in [0.15, 0.2) is 5.82 Å². The van der Waals surface area contributed by atoms with Crippen molar-refractivity contribution in [1.82, 2.24) is 15.1 Å². The van der Waals surface area contributed by atoms with Gasteiger partial charge in [-0.05, 0) is 39.0 Å². The number of nitrogens with zero attached hydrogens (tertiary/aromatic N) is 4. The van der Waals surface area contributed by atoms with Gasteiger partial charge in [-0.3, -0.25) is 9.69 Å². The monoisotopic (exact) mass is 385 g/mol. The van der Waals surface area contributed by atoms with Crippen LogP contribution in [-0.2, 0) is 9.53 Å². The molecule has 28 heavy (non-hydrogen) atoms. The molecule has 1 aromatic carbocycles. The Hall–Kier alpha value is -2.87. The van der Waals surface area contributed by atoms with Gasteiger partial charge < -0.3 is 20.5 Å². The number of phenolic OH excluding ortho intramolecular Hbond substituents is 1. The summed E-state index contributed by atoms with van der Waals surface area (Å²) in [5, 5.41) is 18.3. The summed E-state index contributed by atoms with van der Waals surface area (Å²) in [6.07, 6.45) is 0. The van der Waals surface area contributed by atoms with Crippen molar-refractivity contribution in [1.29, 1.82) is 0 Å². The second-order valence-electron chi connectivity index (χ2n) is 7.87. The third kappa shape index (κ3) is 4.89. The van der Waals surface area contributed by atoms with Gasteiger partial charge in [-0.25, -0.2) is 0 Å². The van der Waals surface area contributed by atoms with Crippen LogP contribution in [-0.4, -0.2) is 64.5 Å². The number of nitrogens with two attached hydrogens (primary N) is 1. The lowest BCUT2D eigenvalue weighted by Crippen LogP contribution is -2.49. The molecule has 1 aliphatic rings. The summed E-state index contributed by atoms with van der Waals surface area (Å²) in [5.41, 5.74) is 7.54.